The number of carbonyl (C=O) groups excluding carboxylic acids is 2. The lowest BCUT2D eigenvalue weighted by molar-refractivity contribution is -0.136. The lowest BCUT2D eigenvalue weighted by Crippen LogP contribution is -2.41. The summed E-state index contributed by atoms with van der Waals surface area (Å²) in [6, 6.07) is 14.5. The van der Waals surface area contributed by atoms with E-state index in [0.29, 0.717) is 12.3 Å². The Bertz CT molecular complexity index is 953. The van der Waals surface area contributed by atoms with E-state index in [1.165, 1.54) is 16.7 Å². The van der Waals surface area contributed by atoms with Crippen molar-refractivity contribution in [3.05, 3.63) is 82.9 Å². The Kier molecular flexibility index (Phi) is 6.17. The largest absolute Gasteiger partial charge is 0.342 e. The molecular weight excluding hydrogens is 370 g/mol. The molecule has 0 radical (unpaired) electrons. The highest BCUT2D eigenvalue weighted by Gasteiger charge is 2.33. The lowest BCUT2D eigenvalue weighted by atomic mass is 9.86. The summed E-state index contributed by atoms with van der Waals surface area (Å²) in [5.74, 6) is 0.611. The van der Waals surface area contributed by atoms with Gasteiger partial charge in [-0.3, -0.25) is 9.59 Å². The molecule has 1 atom stereocenters. The highest BCUT2D eigenvalue weighted by atomic mass is 16.2. The summed E-state index contributed by atoms with van der Waals surface area (Å²) in [6.07, 6.45) is 6.53. The van der Waals surface area contributed by atoms with Crippen LogP contribution in [-0.2, 0) is 17.6 Å². The molecule has 1 amide bonds. The van der Waals surface area contributed by atoms with E-state index in [2.05, 4.69) is 43.8 Å². The van der Waals surface area contributed by atoms with Crippen LogP contribution in [0.5, 0.6) is 0 Å². The summed E-state index contributed by atoms with van der Waals surface area (Å²) < 4.78 is 0. The summed E-state index contributed by atoms with van der Waals surface area (Å²) in [5.41, 5.74) is 5.85. The molecule has 2 aromatic carbocycles. The van der Waals surface area contributed by atoms with E-state index < -0.39 is 0 Å². The van der Waals surface area contributed by atoms with Crippen LogP contribution in [0.25, 0.3) is 0 Å². The highest BCUT2D eigenvalue weighted by Crippen LogP contribution is 2.33. The van der Waals surface area contributed by atoms with E-state index >= 15 is 0 Å². The average molecular weight is 402 g/mol. The van der Waals surface area contributed by atoms with E-state index in [1.807, 2.05) is 23.1 Å². The molecule has 1 fully saturated rings. The number of likely N-dealkylation sites (tertiary alicyclic amines) is 1. The van der Waals surface area contributed by atoms with Gasteiger partial charge in [0, 0.05) is 31.0 Å². The molecule has 4 rings (SSSR count). The first kappa shape index (κ1) is 20.6. The van der Waals surface area contributed by atoms with Gasteiger partial charge < -0.3 is 4.90 Å². The van der Waals surface area contributed by atoms with Crippen LogP contribution >= 0.6 is 0 Å². The van der Waals surface area contributed by atoms with Crippen molar-refractivity contribution in [3.63, 3.8) is 0 Å². The second kappa shape index (κ2) is 8.99. The number of allylic oxidation sites excluding steroid dienone is 1. The Hall–Kier alpha value is -2.68. The predicted octanol–water partition coefficient (Wildman–Crippen LogP) is 5.26. The van der Waals surface area contributed by atoms with Crippen molar-refractivity contribution < 1.29 is 9.59 Å². The molecule has 0 aromatic heterocycles. The zero-order chi connectivity index (χ0) is 21.1. The molecule has 0 saturated carbocycles. The van der Waals surface area contributed by atoms with Crippen molar-refractivity contribution >= 4 is 11.7 Å². The molecule has 2 aliphatic rings. The Morgan fingerprint density at radius 3 is 2.60 bits per heavy atom. The SMILES string of the molecule is C=CCc1cccc2c1CCC(C(=O)N1CCC(c3ccccc3C)CC1)CC2=O. The van der Waals surface area contributed by atoms with Crippen LogP contribution < -0.4 is 0 Å². The van der Waals surface area contributed by atoms with Crippen molar-refractivity contribution in [2.75, 3.05) is 13.1 Å². The maximum atomic E-state index is 13.3. The molecule has 1 heterocycles. The standard InChI is InChI=1S/C27H31NO2/c1-3-7-20-9-6-11-25-24(20)13-12-22(18-26(25)29)27(30)28-16-14-21(15-17-28)23-10-5-4-8-19(23)2/h3-6,8-11,21-22H,1,7,12-18H2,2H3. The number of aryl methyl sites for hydroxylation is 1. The second-order valence-corrected chi connectivity index (χ2v) is 8.76. The maximum absolute atomic E-state index is 13.3. The van der Waals surface area contributed by atoms with Crippen LogP contribution in [-0.4, -0.2) is 29.7 Å². The van der Waals surface area contributed by atoms with Crippen LogP contribution in [0.15, 0.2) is 55.1 Å². The molecule has 2 aromatic rings. The van der Waals surface area contributed by atoms with Gasteiger partial charge in [0.2, 0.25) is 5.91 Å². The normalized spacial score (nSPS) is 19.8. The lowest BCUT2D eigenvalue weighted by Gasteiger charge is -2.34. The van der Waals surface area contributed by atoms with Crippen LogP contribution in [0.4, 0.5) is 0 Å². The molecule has 3 heteroatoms. The molecule has 0 N–H and O–H groups in total. The summed E-state index contributed by atoms with van der Waals surface area (Å²) in [7, 11) is 0. The first-order chi connectivity index (χ1) is 14.6. The van der Waals surface area contributed by atoms with Gasteiger partial charge in [0.25, 0.3) is 0 Å². The quantitative estimate of drug-likeness (QED) is 0.517. The summed E-state index contributed by atoms with van der Waals surface area (Å²) in [6.45, 7) is 7.59. The number of hydrogen-bond acceptors (Lipinski definition) is 2. The van der Waals surface area contributed by atoms with Gasteiger partial charge in [0.15, 0.2) is 5.78 Å². The van der Waals surface area contributed by atoms with Gasteiger partial charge in [-0.25, -0.2) is 0 Å². The Morgan fingerprint density at radius 2 is 1.87 bits per heavy atom. The van der Waals surface area contributed by atoms with E-state index in [9.17, 15) is 9.59 Å². The highest BCUT2D eigenvalue weighted by molar-refractivity contribution is 6.00. The third-order valence-electron chi connectivity index (χ3n) is 6.90. The molecule has 1 aliphatic carbocycles. The molecule has 156 valence electrons. The van der Waals surface area contributed by atoms with Gasteiger partial charge in [-0.1, -0.05) is 48.5 Å². The number of Topliss-reactive ketones (excluding diaryl/α,β-unsaturated/α-hetero) is 1. The van der Waals surface area contributed by atoms with Gasteiger partial charge in [-0.15, -0.1) is 6.58 Å². The Balaban J connectivity index is 1.43. The predicted molar refractivity (Wildman–Crippen MR) is 121 cm³/mol. The van der Waals surface area contributed by atoms with Crippen LogP contribution in [0, 0.1) is 12.8 Å². The van der Waals surface area contributed by atoms with Gasteiger partial charge in [0.1, 0.15) is 0 Å². The van der Waals surface area contributed by atoms with Crippen molar-refractivity contribution in [1.82, 2.24) is 4.90 Å². The zero-order valence-corrected chi connectivity index (χ0v) is 17.9. The van der Waals surface area contributed by atoms with Gasteiger partial charge in [-0.05, 0) is 67.2 Å². The second-order valence-electron chi connectivity index (χ2n) is 8.76. The Labute approximate surface area is 179 Å². The fourth-order valence-electron chi connectivity index (χ4n) is 5.22. The number of ketones is 1. The maximum Gasteiger partial charge on any atom is 0.226 e. The molecule has 1 unspecified atom stereocenters. The fraction of sp³-hybridized carbons (Fsp3) is 0.407. The number of amides is 1. The molecule has 3 nitrogen and oxygen atoms in total. The number of rotatable bonds is 4. The van der Waals surface area contributed by atoms with Crippen molar-refractivity contribution in [1.29, 1.82) is 0 Å². The van der Waals surface area contributed by atoms with Gasteiger partial charge >= 0.3 is 0 Å². The van der Waals surface area contributed by atoms with Crippen molar-refractivity contribution in [2.45, 2.75) is 51.4 Å². The van der Waals surface area contributed by atoms with Crippen molar-refractivity contribution in [3.8, 4) is 0 Å². The first-order valence-electron chi connectivity index (χ1n) is 11.2. The third kappa shape index (κ3) is 4.12. The number of nitrogens with zero attached hydrogens (tertiary/aromatic N) is 1. The molecule has 1 saturated heterocycles. The summed E-state index contributed by atoms with van der Waals surface area (Å²) >= 11 is 0. The molecule has 1 aliphatic heterocycles. The topological polar surface area (TPSA) is 37.4 Å². The summed E-state index contributed by atoms with van der Waals surface area (Å²) in [4.78, 5) is 28.2. The number of hydrogen-bond donors (Lipinski definition) is 0. The number of benzene rings is 2. The number of carbonyl (C=O) groups is 2. The minimum absolute atomic E-state index is 0.113. The number of fused-ring (bicyclic) bond motifs is 1. The van der Waals surface area contributed by atoms with Crippen LogP contribution in [0.3, 0.4) is 0 Å². The monoisotopic (exact) mass is 401 g/mol. The smallest absolute Gasteiger partial charge is 0.226 e. The number of piperidine rings is 1. The summed E-state index contributed by atoms with van der Waals surface area (Å²) in [5, 5.41) is 0. The zero-order valence-electron chi connectivity index (χ0n) is 17.9. The molecule has 0 bridgehead atoms. The molecule has 30 heavy (non-hydrogen) atoms. The van der Waals surface area contributed by atoms with Crippen LogP contribution in [0.1, 0.15) is 64.2 Å². The van der Waals surface area contributed by atoms with E-state index in [4.69, 9.17) is 0 Å². The van der Waals surface area contributed by atoms with E-state index in [0.717, 1.165) is 56.3 Å². The van der Waals surface area contributed by atoms with Gasteiger partial charge in [-0.2, -0.15) is 0 Å². The molecule has 0 spiro atoms. The first-order valence-corrected chi connectivity index (χ1v) is 11.2. The fourth-order valence-corrected chi connectivity index (χ4v) is 5.22. The van der Waals surface area contributed by atoms with E-state index in [1.54, 1.807) is 0 Å². The average Bonchev–Trinajstić information content (AvgIpc) is 2.94. The Morgan fingerprint density at radius 1 is 1.10 bits per heavy atom. The minimum Gasteiger partial charge on any atom is -0.342 e. The van der Waals surface area contributed by atoms with E-state index in [-0.39, 0.29) is 17.6 Å². The third-order valence-corrected chi connectivity index (χ3v) is 6.90. The van der Waals surface area contributed by atoms with Gasteiger partial charge in [0.05, 0.1) is 0 Å². The van der Waals surface area contributed by atoms with Crippen LogP contribution in [0.2, 0.25) is 0 Å². The minimum atomic E-state index is -0.198. The van der Waals surface area contributed by atoms with Crippen molar-refractivity contribution in [2.24, 2.45) is 5.92 Å². The molecular formula is C27H31NO2.